The number of rotatable bonds is 34. The highest BCUT2D eigenvalue weighted by atomic mass is 16.4. The Morgan fingerprint density at radius 3 is 1.62 bits per heavy atom. The lowest BCUT2D eigenvalue weighted by atomic mass is 10.0. The molecular weight excluding hydrogens is 1050 g/mol. The molecular formula is C53H81N11O16. The van der Waals surface area contributed by atoms with Crippen molar-refractivity contribution in [2.75, 3.05) is 96.5 Å². The van der Waals surface area contributed by atoms with Crippen LogP contribution in [0.4, 0.5) is 10.7 Å². The van der Waals surface area contributed by atoms with Gasteiger partial charge in [0.2, 0.25) is 11.9 Å². The number of hydrogen-bond acceptors (Lipinski definition) is 17. The van der Waals surface area contributed by atoms with Gasteiger partial charge in [-0.05, 0) is 75.3 Å². The van der Waals surface area contributed by atoms with E-state index < -0.39 is 72.4 Å². The van der Waals surface area contributed by atoms with Crippen LogP contribution in [0.1, 0.15) is 119 Å². The Hall–Kier alpha value is -7.10. The number of hydrogen-bond donors (Lipinski definition) is 10. The van der Waals surface area contributed by atoms with Crippen LogP contribution in [0.2, 0.25) is 0 Å². The molecule has 27 nitrogen and oxygen atoms in total. The number of anilines is 1. The number of nitrogens with zero attached hydrogens (tertiary/aromatic N) is 8. The Labute approximate surface area is 465 Å². The number of carbonyl (C=O) groups is 9. The van der Waals surface area contributed by atoms with E-state index in [1.165, 1.54) is 0 Å². The standard InChI is InChI=1S/C53H81N11O16/c65-44(54-21-9-8-12-40(50(76)77)55-53(80)56-41(51(78)79)19-20-45(66)67)14-7-4-2-1-3-6-13-42-57-43(59-52(58-42)63-22-10-5-11-23-63)31-38-17-15-37(16-18-38)30-39-32-62(35-48(72)73)27-26-60(33-46(68)69)24-25-61(34-47(70)71)28-29-64(39)36-49(74)75/h15-18,39-41H,1-14,19-36H2,(H,54,65)(H,66,67)(H,68,69)(H,70,71)(H,72,73)(H,74,75)(H,76,77)(H,78,79)(H2,55,56,80)/t39?,40-,41-/m0/s1. The van der Waals surface area contributed by atoms with Crippen molar-refractivity contribution in [3.63, 3.8) is 0 Å². The number of urea groups is 1. The number of piperidine rings is 1. The molecule has 0 spiro atoms. The minimum atomic E-state index is -1.50. The number of nitrogens with one attached hydrogen (secondary N) is 3. The normalized spacial score (nSPS) is 17.0. The maximum atomic E-state index is 12.5. The maximum absolute atomic E-state index is 12.5. The monoisotopic (exact) mass is 1130 g/mol. The van der Waals surface area contributed by atoms with Crippen molar-refractivity contribution in [2.45, 2.75) is 134 Å². The molecule has 2 aromatic rings. The van der Waals surface area contributed by atoms with Crippen LogP contribution in [0, 0.1) is 0 Å². The van der Waals surface area contributed by atoms with Gasteiger partial charge in [-0.3, -0.25) is 48.4 Å². The molecule has 4 rings (SSSR count). The smallest absolute Gasteiger partial charge is 0.326 e. The van der Waals surface area contributed by atoms with Gasteiger partial charge in [-0.1, -0.05) is 49.9 Å². The highest BCUT2D eigenvalue weighted by Gasteiger charge is 2.29. The van der Waals surface area contributed by atoms with Crippen LogP contribution in [-0.2, 0) is 57.6 Å². The van der Waals surface area contributed by atoms with Crippen LogP contribution in [0.15, 0.2) is 24.3 Å². The topological polar surface area (TPSA) is 386 Å². The van der Waals surface area contributed by atoms with Gasteiger partial charge in [0.15, 0.2) is 0 Å². The van der Waals surface area contributed by atoms with Gasteiger partial charge >= 0.3 is 47.8 Å². The van der Waals surface area contributed by atoms with Crippen LogP contribution in [-0.4, -0.2) is 234 Å². The van der Waals surface area contributed by atoms with E-state index in [0.29, 0.717) is 69.1 Å². The first-order chi connectivity index (χ1) is 38.2. The molecule has 1 unspecified atom stereocenters. The summed E-state index contributed by atoms with van der Waals surface area (Å²) in [5.41, 5.74) is 1.81. The van der Waals surface area contributed by atoms with E-state index in [-0.39, 0.29) is 90.7 Å². The first-order valence-electron chi connectivity index (χ1n) is 27.6. The molecule has 0 radical (unpaired) electrons. The maximum Gasteiger partial charge on any atom is 0.326 e. The van der Waals surface area contributed by atoms with Gasteiger partial charge in [-0.15, -0.1) is 0 Å². The van der Waals surface area contributed by atoms with E-state index in [9.17, 15) is 73.8 Å². The summed E-state index contributed by atoms with van der Waals surface area (Å²) >= 11 is 0. The lowest BCUT2D eigenvalue weighted by molar-refractivity contribution is -0.142. The van der Waals surface area contributed by atoms with Crippen molar-refractivity contribution in [2.24, 2.45) is 0 Å². The summed E-state index contributed by atoms with van der Waals surface area (Å²) in [6, 6.07) is 3.48. The molecule has 0 aliphatic carbocycles. The molecule has 27 heteroatoms. The van der Waals surface area contributed by atoms with Crippen molar-refractivity contribution < 1.29 is 78.9 Å². The molecule has 2 aliphatic rings. The predicted octanol–water partition coefficient (Wildman–Crippen LogP) is 1.55. The van der Waals surface area contributed by atoms with Crippen molar-refractivity contribution in [1.29, 1.82) is 0 Å². The molecule has 1 aromatic heterocycles. The minimum absolute atomic E-state index is 0.0292. The highest BCUT2D eigenvalue weighted by molar-refractivity contribution is 5.86. The summed E-state index contributed by atoms with van der Waals surface area (Å²) in [7, 11) is 0. The molecule has 10 N–H and O–H groups in total. The number of unbranched alkanes of at least 4 members (excludes halogenated alkanes) is 6. The van der Waals surface area contributed by atoms with Crippen LogP contribution in [0.3, 0.4) is 0 Å². The fourth-order valence-electron chi connectivity index (χ4n) is 9.69. The number of aromatic nitrogens is 3. The third-order valence-electron chi connectivity index (χ3n) is 13.9. The molecule has 3 atom stereocenters. The number of benzene rings is 1. The fraction of sp³-hybridized carbons (Fsp3) is 0.660. The van der Waals surface area contributed by atoms with Gasteiger partial charge in [0.05, 0.1) is 26.2 Å². The predicted molar refractivity (Wildman–Crippen MR) is 288 cm³/mol. The zero-order chi connectivity index (χ0) is 58.4. The zero-order valence-corrected chi connectivity index (χ0v) is 45.6. The van der Waals surface area contributed by atoms with E-state index in [2.05, 4.69) is 20.9 Å². The summed E-state index contributed by atoms with van der Waals surface area (Å²) in [4.78, 5) is 130. The lowest BCUT2D eigenvalue weighted by Crippen LogP contribution is -2.53. The number of carboxylic acids is 7. The second-order valence-electron chi connectivity index (χ2n) is 20.5. The van der Waals surface area contributed by atoms with Gasteiger partial charge < -0.3 is 56.6 Å². The van der Waals surface area contributed by atoms with Crippen molar-refractivity contribution >= 4 is 59.7 Å². The molecule has 80 heavy (non-hydrogen) atoms. The van der Waals surface area contributed by atoms with Gasteiger partial charge in [-0.2, -0.15) is 9.97 Å². The Morgan fingerprint density at radius 2 is 1.04 bits per heavy atom. The number of carboxylic acid groups (broad SMARTS) is 7. The van der Waals surface area contributed by atoms with Crippen LogP contribution in [0.5, 0.6) is 0 Å². The summed E-state index contributed by atoms with van der Waals surface area (Å²) in [5, 5.41) is 73.8. The second kappa shape index (κ2) is 35.5. The minimum Gasteiger partial charge on any atom is -0.481 e. The van der Waals surface area contributed by atoms with Crippen molar-refractivity contribution in [1.82, 2.24) is 50.5 Å². The lowest BCUT2D eigenvalue weighted by Gasteiger charge is -2.37. The average molecular weight is 1130 g/mol. The second-order valence-corrected chi connectivity index (χ2v) is 20.5. The fourth-order valence-corrected chi connectivity index (χ4v) is 9.69. The Balaban J connectivity index is 1.28. The number of aliphatic carboxylic acids is 7. The van der Waals surface area contributed by atoms with E-state index >= 15 is 0 Å². The van der Waals surface area contributed by atoms with E-state index in [4.69, 9.17) is 20.1 Å². The molecule has 2 fully saturated rings. The first kappa shape index (κ1) is 65.4. The summed E-state index contributed by atoms with van der Waals surface area (Å²) in [6.07, 6.45) is 10.2. The molecule has 2 saturated heterocycles. The van der Waals surface area contributed by atoms with E-state index in [0.717, 1.165) is 75.6 Å². The summed E-state index contributed by atoms with van der Waals surface area (Å²) in [5.74, 6) is -6.44. The Morgan fingerprint density at radius 1 is 0.512 bits per heavy atom. The van der Waals surface area contributed by atoms with E-state index in [1.807, 2.05) is 24.3 Å². The zero-order valence-electron chi connectivity index (χ0n) is 45.6. The highest BCUT2D eigenvalue weighted by Crippen LogP contribution is 2.20. The molecule has 444 valence electrons. The first-order valence-corrected chi connectivity index (χ1v) is 27.6. The third-order valence-corrected chi connectivity index (χ3v) is 13.9. The van der Waals surface area contributed by atoms with Crippen molar-refractivity contribution in [3.8, 4) is 0 Å². The number of amides is 3. The number of carbonyl (C=O) groups excluding carboxylic acids is 2. The van der Waals surface area contributed by atoms with Gasteiger partial charge in [-0.25, -0.2) is 19.4 Å². The summed E-state index contributed by atoms with van der Waals surface area (Å²) in [6.45, 7) is 2.04. The van der Waals surface area contributed by atoms with Gasteiger partial charge in [0.25, 0.3) is 0 Å². The molecule has 3 heterocycles. The molecule has 2 aliphatic heterocycles. The van der Waals surface area contributed by atoms with E-state index in [1.54, 1.807) is 19.6 Å². The Kier molecular flexibility index (Phi) is 29.0. The molecule has 1 aromatic carbocycles. The van der Waals surface area contributed by atoms with Crippen LogP contribution in [0.25, 0.3) is 0 Å². The average Bonchev–Trinajstić information content (AvgIpc) is 3.41. The third kappa shape index (κ3) is 26.7. The van der Waals surface area contributed by atoms with Gasteiger partial charge in [0.1, 0.15) is 23.7 Å². The molecule has 0 bridgehead atoms. The van der Waals surface area contributed by atoms with Crippen LogP contribution >= 0.6 is 0 Å². The number of aryl methyl sites for hydroxylation is 1. The summed E-state index contributed by atoms with van der Waals surface area (Å²) < 4.78 is 0. The molecule has 3 amide bonds. The van der Waals surface area contributed by atoms with Gasteiger partial charge in [0, 0.05) is 97.2 Å². The van der Waals surface area contributed by atoms with Crippen molar-refractivity contribution in [3.05, 3.63) is 47.0 Å². The quantitative estimate of drug-likeness (QED) is 0.0444. The SMILES string of the molecule is O=C(O)CC[C@H](NC(=O)N[C@@H](CCCCNC(=O)CCCCCCCCc1nc(Cc2ccc(CC3CN(CC(=O)O)CCN(CC(=O)O)CCN(CC(=O)O)CCN3CC(=O)O)cc2)nc(N2CCCCC2)n1)C(=O)O)C(=O)O. The van der Waals surface area contributed by atoms with Crippen LogP contribution < -0.4 is 20.9 Å². The Bertz CT molecular complexity index is 2340. The molecule has 0 saturated carbocycles. The largest absolute Gasteiger partial charge is 0.481 e.